The van der Waals surface area contributed by atoms with E-state index < -0.39 is 0 Å². The molecule has 1 aliphatic heterocycles. The van der Waals surface area contributed by atoms with Gasteiger partial charge in [-0.3, -0.25) is 0 Å². The van der Waals surface area contributed by atoms with Crippen molar-refractivity contribution >= 4 is 17.3 Å². The fraction of sp³-hybridized carbons (Fsp3) is 0.538. The van der Waals surface area contributed by atoms with E-state index in [1.807, 2.05) is 0 Å². The van der Waals surface area contributed by atoms with Gasteiger partial charge in [-0.2, -0.15) is 0 Å². The Labute approximate surface area is 106 Å². The maximum atomic E-state index is 13.3. The van der Waals surface area contributed by atoms with Crippen LogP contribution >= 0.6 is 11.6 Å². The molecule has 1 atom stereocenters. The summed E-state index contributed by atoms with van der Waals surface area (Å²) in [6.45, 7) is 2.79. The van der Waals surface area contributed by atoms with Crippen LogP contribution in [0.15, 0.2) is 18.2 Å². The number of piperazine rings is 1. The lowest BCUT2D eigenvalue weighted by atomic mass is 10.1. The van der Waals surface area contributed by atoms with Crippen molar-refractivity contribution in [3.05, 3.63) is 29.0 Å². The van der Waals surface area contributed by atoms with Gasteiger partial charge in [0.15, 0.2) is 0 Å². The Balaban J connectivity index is 1.79. The fourth-order valence-electron chi connectivity index (χ4n) is 2.54. The molecule has 1 unspecified atom stereocenters. The SMILES string of the molecule is Fc1ccc(Cl)c(N2CCNC(C3CC3)C2)c1. The maximum absolute atomic E-state index is 13.3. The first-order valence-electron chi connectivity index (χ1n) is 6.17. The highest BCUT2D eigenvalue weighted by atomic mass is 35.5. The van der Waals surface area contributed by atoms with E-state index in [4.69, 9.17) is 11.6 Å². The number of hydrogen-bond donors (Lipinski definition) is 1. The monoisotopic (exact) mass is 254 g/mol. The van der Waals surface area contributed by atoms with E-state index in [0.29, 0.717) is 11.1 Å². The van der Waals surface area contributed by atoms with E-state index in [1.165, 1.54) is 25.0 Å². The Morgan fingerprint density at radius 2 is 2.18 bits per heavy atom. The van der Waals surface area contributed by atoms with Gasteiger partial charge in [0.05, 0.1) is 10.7 Å². The second-order valence-corrected chi connectivity index (χ2v) is 5.35. The summed E-state index contributed by atoms with van der Waals surface area (Å²) >= 11 is 6.14. The first kappa shape index (κ1) is 11.3. The molecule has 92 valence electrons. The smallest absolute Gasteiger partial charge is 0.125 e. The van der Waals surface area contributed by atoms with Gasteiger partial charge in [0.25, 0.3) is 0 Å². The van der Waals surface area contributed by atoms with Crippen molar-refractivity contribution < 1.29 is 4.39 Å². The maximum Gasteiger partial charge on any atom is 0.125 e. The molecule has 3 rings (SSSR count). The van der Waals surface area contributed by atoms with Crippen LogP contribution in [-0.4, -0.2) is 25.7 Å². The molecule has 2 nitrogen and oxygen atoms in total. The third-order valence-electron chi connectivity index (χ3n) is 3.65. The Morgan fingerprint density at radius 3 is 2.94 bits per heavy atom. The van der Waals surface area contributed by atoms with Gasteiger partial charge >= 0.3 is 0 Å². The number of anilines is 1. The van der Waals surface area contributed by atoms with Crippen LogP contribution in [0, 0.1) is 11.7 Å². The number of rotatable bonds is 2. The zero-order valence-electron chi connectivity index (χ0n) is 9.63. The van der Waals surface area contributed by atoms with Gasteiger partial charge < -0.3 is 10.2 Å². The molecule has 4 heteroatoms. The third kappa shape index (κ3) is 2.40. The normalized spacial score (nSPS) is 25.1. The van der Waals surface area contributed by atoms with Crippen LogP contribution in [0.3, 0.4) is 0 Å². The van der Waals surface area contributed by atoms with Gasteiger partial charge in [0.2, 0.25) is 0 Å². The number of nitrogens with zero attached hydrogens (tertiary/aromatic N) is 1. The van der Waals surface area contributed by atoms with Gasteiger partial charge in [-0.1, -0.05) is 11.6 Å². The molecular formula is C13H16ClFN2. The Hall–Kier alpha value is -0.800. The van der Waals surface area contributed by atoms with Crippen molar-refractivity contribution in [1.29, 1.82) is 0 Å². The molecule has 1 aromatic rings. The number of halogens is 2. The zero-order chi connectivity index (χ0) is 11.8. The van der Waals surface area contributed by atoms with E-state index in [1.54, 1.807) is 6.07 Å². The van der Waals surface area contributed by atoms with E-state index in [2.05, 4.69) is 10.2 Å². The number of hydrogen-bond acceptors (Lipinski definition) is 2. The molecule has 1 aromatic carbocycles. The summed E-state index contributed by atoms with van der Waals surface area (Å²) < 4.78 is 13.3. The summed E-state index contributed by atoms with van der Waals surface area (Å²) in [6, 6.07) is 5.13. The summed E-state index contributed by atoms with van der Waals surface area (Å²) in [5.74, 6) is 0.594. The lowest BCUT2D eigenvalue weighted by Gasteiger charge is -2.36. The van der Waals surface area contributed by atoms with Crippen LogP contribution in [0.5, 0.6) is 0 Å². The summed E-state index contributed by atoms with van der Waals surface area (Å²) in [4.78, 5) is 2.20. The average Bonchev–Trinajstić information content (AvgIpc) is 3.17. The van der Waals surface area contributed by atoms with Crippen molar-refractivity contribution in [3.63, 3.8) is 0 Å². The lowest BCUT2D eigenvalue weighted by Crippen LogP contribution is -2.51. The predicted molar refractivity (Wildman–Crippen MR) is 68.1 cm³/mol. The van der Waals surface area contributed by atoms with Crippen molar-refractivity contribution in [3.8, 4) is 0 Å². The molecule has 2 aliphatic rings. The fourth-order valence-corrected chi connectivity index (χ4v) is 2.78. The molecule has 0 aromatic heterocycles. The molecule has 17 heavy (non-hydrogen) atoms. The minimum Gasteiger partial charge on any atom is -0.367 e. The Bertz CT molecular complexity index is 420. The van der Waals surface area contributed by atoms with Gasteiger partial charge in [0, 0.05) is 25.7 Å². The van der Waals surface area contributed by atoms with E-state index in [0.717, 1.165) is 31.2 Å². The van der Waals surface area contributed by atoms with Gasteiger partial charge in [-0.25, -0.2) is 4.39 Å². The second kappa shape index (κ2) is 4.46. The zero-order valence-corrected chi connectivity index (χ0v) is 10.4. The Kier molecular flexibility index (Phi) is 2.97. The van der Waals surface area contributed by atoms with Crippen molar-refractivity contribution in [2.75, 3.05) is 24.5 Å². The number of benzene rings is 1. The molecule has 1 heterocycles. The molecular weight excluding hydrogens is 239 g/mol. The molecule has 1 saturated carbocycles. The Morgan fingerprint density at radius 1 is 1.35 bits per heavy atom. The molecule has 1 saturated heterocycles. The topological polar surface area (TPSA) is 15.3 Å². The largest absolute Gasteiger partial charge is 0.367 e. The van der Waals surface area contributed by atoms with Gasteiger partial charge in [-0.15, -0.1) is 0 Å². The van der Waals surface area contributed by atoms with Crippen LogP contribution in [0.25, 0.3) is 0 Å². The highest BCUT2D eigenvalue weighted by Gasteiger charge is 2.34. The lowest BCUT2D eigenvalue weighted by molar-refractivity contribution is 0.418. The van der Waals surface area contributed by atoms with Crippen LogP contribution in [0.2, 0.25) is 5.02 Å². The highest BCUT2D eigenvalue weighted by Crippen LogP contribution is 2.35. The summed E-state index contributed by atoms with van der Waals surface area (Å²) in [6.07, 6.45) is 2.64. The molecule has 1 N–H and O–H groups in total. The molecule has 2 fully saturated rings. The molecule has 0 spiro atoms. The van der Waals surface area contributed by atoms with Crippen LogP contribution < -0.4 is 10.2 Å². The van der Waals surface area contributed by atoms with Crippen molar-refractivity contribution in [2.45, 2.75) is 18.9 Å². The number of nitrogens with one attached hydrogen (secondary N) is 1. The molecule has 0 radical (unpaired) electrons. The molecule has 1 aliphatic carbocycles. The summed E-state index contributed by atoms with van der Waals surface area (Å²) in [5, 5.41) is 4.18. The second-order valence-electron chi connectivity index (χ2n) is 4.94. The van der Waals surface area contributed by atoms with Crippen LogP contribution in [-0.2, 0) is 0 Å². The minimum absolute atomic E-state index is 0.217. The minimum atomic E-state index is -0.217. The van der Waals surface area contributed by atoms with Gasteiger partial charge in [-0.05, 0) is 37.0 Å². The quantitative estimate of drug-likeness (QED) is 0.873. The van der Waals surface area contributed by atoms with Crippen molar-refractivity contribution in [2.24, 2.45) is 5.92 Å². The summed E-state index contributed by atoms with van der Waals surface area (Å²) in [7, 11) is 0. The van der Waals surface area contributed by atoms with Crippen molar-refractivity contribution in [1.82, 2.24) is 5.32 Å². The van der Waals surface area contributed by atoms with E-state index >= 15 is 0 Å². The molecule has 0 amide bonds. The van der Waals surface area contributed by atoms with Crippen LogP contribution in [0.1, 0.15) is 12.8 Å². The van der Waals surface area contributed by atoms with E-state index in [-0.39, 0.29) is 5.82 Å². The van der Waals surface area contributed by atoms with Gasteiger partial charge in [0.1, 0.15) is 5.82 Å². The first-order chi connectivity index (χ1) is 8.24. The first-order valence-corrected chi connectivity index (χ1v) is 6.55. The van der Waals surface area contributed by atoms with Crippen LogP contribution in [0.4, 0.5) is 10.1 Å². The average molecular weight is 255 g/mol. The highest BCUT2D eigenvalue weighted by molar-refractivity contribution is 6.33. The third-order valence-corrected chi connectivity index (χ3v) is 3.96. The predicted octanol–water partition coefficient (Wildman–Crippen LogP) is 2.67. The van der Waals surface area contributed by atoms with E-state index in [9.17, 15) is 4.39 Å². The standard InChI is InChI=1S/C13H16ClFN2/c14-11-4-3-10(15)7-13(11)17-6-5-16-12(8-17)9-1-2-9/h3-4,7,9,12,16H,1-2,5-6,8H2. The molecule has 0 bridgehead atoms. The summed E-state index contributed by atoms with van der Waals surface area (Å²) in [5.41, 5.74) is 0.832.